The molecule has 2 aromatic rings. The quantitative estimate of drug-likeness (QED) is 0.839. The van der Waals surface area contributed by atoms with E-state index in [1.807, 2.05) is 6.92 Å². The van der Waals surface area contributed by atoms with Gasteiger partial charge >= 0.3 is 0 Å². The lowest BCUT2D eigenvalue weighted by atomic mass is 9.89. The zero-order valence-electron chi connectivity index (χ0n) is 12.2. The number of aryl methyl sites for hydroxylation is 2. The molecule has 1 N–H and O–H groups in total. The first kappa shape index (κ1) is 14.0. The molecule has 108 valence electrons. The van der Waals surface area contributed by atoms with Crippen molar-refractivity contribution in [2.75, 3.05) is 0 Å². The number of aromatic nitrogens is 2. The predicted octanol–water partition coefficient (Wildman–Crippen LogP) is 4.32. The summed E-state index contributed by atoms with van der Waals surface area (Å²) in [4.78, 5) is 18.2. The number of fused-ring (bicyclic) bond motifs is 1. The van der Waals surface area contributed by atoms with Crippen LogP contribution in [0.5, 0.6) is 0 Å². The van der Waals surface area contributed by atoms with Crippen LogP contribution in [0.3, 0.4) is 0 Å². The zero-order valence-corrected chi connectivity index (χ0v) is 13.8. The number of hydrogen-bond acceptors (Lipinski definition) is 3. The lowest BCUT2D eigenvalue weighted by molar-refractivity contribution is 0.275. The van der Waals surface area contributed by atoms with Gasteiger partial charge in [-0.1, -0.05) is 19.8 Å². The Morgan fingerprint density at radius 2 is 2.00 bits per heavy atom. The number of hydrogen-bond donors (Lipinski definition) is 1. The van der Waals surface area contributed by atoms with Gasteiger partial charge in [0.25, 0.3) is 5.56 Å². The molecule has 1 aliphatic rings. The Kier molecular flexibility index (Phi) is 3.37. The lowest BCUT2D eigenvalue weighted by Crippen LogP contribution is -2.30. The van der Waals surface area contributed by atoms with E-state index < -0.39 is 0 Å². The second-order valence-electron chi connectivity index (χ2n) is 6.33. The van der Waals surface area contributed by atoms with E-state index in [4.69, 9.17) is 12.2 Å². The van der Waals surface area contributed by atoms with Crippen molar-refractivity contribution in [2.24, 2.45) is 5.41 Å². The molecule has 0 bridgehead atoms. The minimum atomic E-state index is 0.0822. The van der Waals surface area contributed by atoms with E-state index in [-0.39, 0.29) is 11.0 Å². The van der Waals surface area contributed by atoms with Crippen molar-refractivity contribution in [3.8, 4) is 0 Å². The summed E-state index contributed by atoms with van der Waals surface area (Å²) in [7, 11) is 0. The number of nitrogens with one attached hydrogen (secondary N) is 1. The average molecular weight is 308 g/mol. The van der Waals surface area contributed by atoms with E-state index in [1.165, 1.54) is 30.6 Å². The van der Waals surface area contributed by atoms with Crippen molar-refractivity contribution in [2.45, 2.75) is 53.0 Å². The number of aromatic amines is 1. The highest BCUT2D eigenvalue weighted by molar-refractivity contribution is 7.71. The van der Waals surface area contributed by atoms with Gasteiger partial charge in [0.15, 0.2) is 4.77 Å². The standard InChI is InChI=1S/C15H20N2OS2/c1-9-10(2)20-12-11(9)13(18)17(14(19)16-12)8-15(3)6-4-5-7-15/h4-8H2,1-3H3,(H,16,19). The van der Waals surface area contributed by atoms with Gasteiger partial charge < -0.3 is 4.98 Å². The van der Waals surface area contributed by atoms with Gasteiger partial charge in [0.05, 0.1) is 5.39 Å². The Morgan fingerprint density at radius 1 is 1.35 bits per heavy atom. The molecular formula is C15H20N2OS2. The van der Waals surface area contributed by atoms with E-state index in [9.17, 15) is 4.79 Å². The summed E-state index contributed by atoms with van der Waals surface area (Å²) in [5, 5.41) is 0.822. The molecule has 0 aliphatic heterocycles. The highest BCUT2D eigenvalue weighted by Crippen LogP contribution is 2.38. The predicted molar refractivity (Wildman–Crippen MR) is 87.3 cm³/mol. The largest absolute Gasteiger partial charge is 0.323 e. The maximum atomic E-state index is 12.8. The van der Waals surface area contributed by atoms with Gasteiger partial charge in [0.2, 0.25) is 0 Å². The fraction of sp³-hybridized carbons (Fsp3) is 0.600. The first-order valence-electron chi connectivity index (χ1n) is 7.14. The van der Waals surface area contributed by atoms with Crippen LogP contribution in [0.2, 0.25) is 0 Å². The van der Waals surface area contributed by atoms with Gasteiger partial charge in [-0.05, 0) is 49.9 Å². The van der Waals surface area contributed by atoms with Crippen LogP contribution in [0.25, 0.3) is 10.2 Å². The van der Waals surface area contributed by atoms with E-state index in [0.29, 0.717) is 4.77 Å². The number of thiophene rings is 1. The minimum Gasteiger partial charge on any atom is -0.323 e. The smallest absolute Gasteiger partial charge is 0.263 e. The van der Waals surface area contributed by atoms with Crippen LogP contribution < -0.4 is 5.56 Å². The summed E-state index contributed by atoms with van der Waals surface area (Å²) in [5.74, 6) is 0. The van der Waals surface area contributed by atoms with Gasteiger partial charge in [-0.15, -0.1) is 11.3 Å². The Labute approximate surface area is 127 Å². The first-order chi connectivity index (χ1) is 9.41. The topological polar surface area (TPSA) is 37.8 Å². The summed E-state index contributed by atoms with van der Waals surface area (Å²) in [6, 6.07) is 0. The molecule has 0 unspecified atom stereocenters. The van der Waals surface area contributed by atoms with Crippen molar-refractivity contribution in [1.82, 2.24) is 9.55 Å². The summed E-state index contributed by atoms with van der Waals surface area (Å²) < 4.78 is 2.35. The van der Waals surface area contributed by atoms with E-state index in [2.05, 4.69) is 18.8 Å². The van der Waals surface area contributed by atoms with Crippen molar-refractivity contribution < 1.29 is 0 Å². The summed E-state index contributed by atoms with van der Waals surface area (Å²) >= 11 is 7.04. The first-order valence-corrected chi connectivity index (χ1v) is 8.37. The van der Waals surface area contributed by atoms with Crippen molar-refractivity contribution in [3.05, 3.63) is 25.6 Å². The Morgan fingerprint density at radius 3 is 2.65 bits per heavy atom. The third-order valence-electron chi connectivity index (χ3n) is 4.66. The molecule has 0 saturated heterocycles. The Bertz CT molecular complexity index is 775. The molecule has 2 aromatic heterocycles. The number of H-pyrrole nitrogens is 1. The van der Waals surface area contributed by atoms with Crippen LogP contribution in [0.15, 0.2) is 4.79 Å². The van der Waals surface area contributed by atoms with E-state index >= 15 is 0 Å². The van der Waals surface area contributed by atoms with Crippen LogP contribution in [0, 0.1) is 24.0 Å². The van der Waals surface area contributed by atoms with Gasteiger partial charge in [-0.3, -0.25) is 9.36 Å². The molecule has 0 spiro atoms. The molecule has 3 nitrogen and oxygen atoms in total. The third-order valence-corrected chi connectivity index (χ3v) is 6.11. The summed E-state index contributed by atoms with van der Waals surface area (Å²) in [5.41, 5.74) is 1.39. The highest BCUT2D eigenvalue weighted by Gasteiger charge is 2.30. The van der Waals surface area contributed by atoms with E-state index in [0.717, 1.165) is 22.3 Å². The molecular weight excluding hydrogens is 288 g/mol. The molecule has 1 fully saturated rings. The van der Waals surface area contributed by atoms with Gasteiger partial charge in [0, 0.05) is 11.4 Å². The normalized spacial score (nSPS) is 17.9. The molecule has 5 heteroatoms. The van der Waals surface area contributed by atoms with E-state index in [1.54, 1.807) is 15.9 Å². The molecule has 0 radical (unpaired) electrons. The molecule has 1 aliphatic carbocycles. The molecule has 0 atom stereocenters. The van der Waals surface area contributed by atoms with Gasteiger partial charge in [0.1, 0.15) is 4.83 Å². The lowest BCUT2D eigenvalue weighted by Gasteiger charge is -2.24. The number of nitrogens with zero attached hydrogens (tertiary/aromatic N) is 1. The maximum Gasteiger partial charge on any atom is 0.263 e. The third kappa shape index (κ3) is 2.17. The van der Waals surface area contributed by atoms with Crippen LogP contribution in [0.4, 0.5) is 0 Å². The van der Waals surface area contributed by atoms with Crippen molar-refractivity contribution in [3.63, 3.8) is 0 Å². The second kappa shape index (κ2) is 4.81. The molecule has 20 heavy (non-hydrogen) atoms. The monoisotopic (exact) mass is 308 g/mol. The molecule has 0 aromatic carbocycles. The second-order valence-corrected chi connectivity index (χ2v) is 7.94. The minimum absolute atomic E-state index is 0.0822. The zero-order chi connectivity index (χ0) is 14.5. The van der Waals surface area contributed by atoms with Crippen LogP contribution in [-0.4, -0.2) is 9.55 Å². The number of rotatable bonds is 2. The maximum absolute atomic E-state index is 12.8. The summed E-state index contributed by atoms with van der Waals surface area (Å²) in [6.07, 6.45) is 4.91. The fourth-order valence-corrected chi connectivity index (χ4v) is 4.64. The molecule has 0 amide bonds. The molecule has 2 heterocycles. The Hall–Kier alpha value is -0.940. The van der Waals surface area contributed by atoms with Crippen LogP contribution in [0.1, 0.15) is 43.0 Å². The Balaban J connectivity index is 2.18. The molecule has 3 rings (SSSR count). The van der Waals surface area contributed by atoms with Gasteiger partial charge in [-0.2, -0.15) is 0 Å². The summed E-state index contributed by atoms with van der Waals surface area (Å²) in [6.45, 7) is 7.09. The van der Waals surface area contributed by atoms with Gasteiger partial charge in [-0.25, -0.2) is 0 Å². The highest BCUT2D eigenvalue weighted by atomic mass is 32.1. The van der Waals surface area contributed by atoms with Crippen molar-refractivity contribution >= 4 is 33.8 Å². The fourth-order valence-electron chi connectivity index (χ4n) is 3.28. The van der Waals surface area contributed by atoms with Crippen molar-refractivity contribution in [1.29, 1.82) is 0 Å². The SMILES string of the molecule is Cc1sc2[nH]c(=S)n(CC3(C)CCCC3)c(=O)c2c1C. The van der Waals surface area contributed by atoms with Crippen LogP contribution >= 0.6 is 23.6 Å². The molecule has 1 saturated carbocycles. The van der Waals surface area contributed by atoms with Crippen LogP contribution in [-0.2, 0) is 6.54 Å². The average Bonchev–Trinajstić information content (AvgIpc) is 2.91.